The molecule has 2 saturated carbocycles. The van der Waals surface area contributed by atoms with Gasteiger partial charge < -0.3 is 15.2 Å². The molecule has 0 radical (unpaired) electrons. The lowest BCUT2D eigenvalue weighted by molar-refractivity contribution is -0.144. The molecule has 0 aliphatic heterocycles. The van der Waals surface area contributed by atoms with E-state index in [1.807, 2.05) is 24.3 Å². The maximum absolute atomic E-state index is 12.4. The summed E-state index contributed by atoms with van der Waals surface area (Å²) in [6.07, 6.45) is 1.72. The van der Waals surface area contributed by atoms with E-state index in [2.05, 4.69) is 29.6 Å². The maximum atomic E-state index is 12.4. The minimum Gasteiger partial charge on any atom is -0.481 e. The van der Waals surface area contributed by atoms with Crippen molar-refractivity contribution < 1.29 is 19.4 Å². The molecule has 0 aromatic heterocycles. The van der Waals surface area contributed by atoms with Crippen LogP contribution in [0.25, 0.3) is 11.1 Å². The number of hydrogen-bond donors (Lipinski definition) is 2. The van der Waals surface area contributed by atoms with Gasteiger partial charge >= 0.3 is 12.1 Å². The average Bonchev–Trinajstić information content (AvgIpc) is 3.20. The van der Waals surface area contributed by atoms with Crippen molar-refractivity contribution in [3.05, 3.63) is 59.7 Å². The van der Waals surface area contributed by atoms with Crippen LogP contribution in [0.2, 0.25) is 0 Å². The molecule has 5 nitrogen and oxygen atoms in total. The second kappa shape index (κ2) is 5.84. The standard InChI is InChI=1S/C22H21NO4/c24-20(25)22-11-13(22)9-10-19(22)23-21(26)27-12-18-16-7-3-1-5-14(16)15-6-2-4-8-17(15)18/h1-8,13,18-19H,9-12H2,(H,23,26)(H,24,25). The van der Waals surface area contributed by atoms with Gasteiger partial charge in [0, 0.05) is 12.0 Å². The van der Waals surface area contributed by atoms with Crippen LogP contribution in [0, 0.1) is 11.3 Å². The predicted octanol–water partition coefficient (Wildman–Crippen LogP) is 3.78. The summed E-state index contributed by atoms with van der Waals surface area (Å²) in [6.45, 7) is 0.246. The van der Waals surface area contributed by atoms with Crippen molar-refractivity contribution in [1.82, 2.24) is 5.32 Å². The third kappa shape index (κ3) is 2.37. The summed E-state index contributed by atoms with van der Waals surface area (Å²) in [4.78, 5) is 24.0. The van der Waals surface area contributed by atoms with E-state index in [9.17, 15) is 14.7 Å². The summed E-state index contributed by atoms with van der Waals surface area (Å²) in [6, 6.07) is 16.1. The number of amides is 1. The van der Waals surface area contributed by atoms with Gasteiger partial charge in [-0.05, 0) is 47.4 Å². The summed E-state index contributed by atoms with van der Waals surface area (Å²) in [5.41, 5.74) is 3.94. The summed E-state index contributed by atoms with van der Waals surface area (Å²) in [5, 5.41) is 12.3. The molecule has 5 rings (SSSR count). The minimum absolute atomic E-state index is 0.00818. The first-order valence-electron chi connectivity index (χ1n) is 9.46. The molecule has 5 heteroatoms. The number of fused-ring (bicyclic) bond motifs is 4. The lowest BCUT2D eigenvalue weighted by Gasteiger charge is -2.21. The average molecular weight is 363 g/mol. The normalized spacial score (nSPS) is 27.4. The minimum atomic E-state index is -0.797. The molecule has 3 unspecified atom stereocenters. The first kappa shape index (κ1) is 16.4. The van der Waals surface area contributed by atoms with E-state index in [1.165, 1.54) is 11.1 Å². The zero-order valence-electron chi connectivity index (χ0n) is 14.9. The van der Waals surface area contributed by atoms with Gasteiger partial charge in [-0.3, -0.25) is 4.79 Å². The molecule has 2 aromatic rings. The van der Waals surface area contributed by atoms with Gasteiger partial charge in [-0.25, -0.2) is 4.79 Å². The van der Waals surface area contributed by atoms with Gasteiger partial charge in [0.25, 0.3) is 0 Å². The second-order valence-electron chi connectivity index (χ2n) is 7.85. The van der Waals surface area contributed by atoms with Crippen LogP contribution >= 0.6 is 0 Å². The molecule has 3 aliphatic carbocycles. The van der Waals surface area contributed by atoms with Gasteiger partial charge in [0.15, 0.2) is 0 Å². The Bertz CT molecular complexity index is 894. The van der Waals surface area contributed by atoms with Gasteiger partial charge in [-0.15, -0.1) is 0 Å². The Labute approximate surface area is 157 Å². The number of carbonyl (C=O) groups excluding carboxylic acids is 1. The van der Waals surface area contributed by atoms with Crippen LogP contribution in [-0.4, -0.2) is 29.8 Å². The molecule has 2 aromatic carbocycles. The molecule has 3 aliphatic rings. The lowest BCUT2D eigenvalue weighted by atomic mass is 9.98. The van der Waals surface area contributed by atoms with E-state index in [4.69, 9.17) is 4.74 Å². The number of rotatable bonds is 4. The first-order chi connectivity index (χ1) is 13.1. The summed E-state index contributed by atoms with van der Waals surface area (Å²) in [5.74, 6) is -0.586. The zero-order chi connectivity index (χ0) is 18.6. The number of carboxylic acid groups (broad SMARTS) is 1. The Morgan fingerprint density at radius 2 is 1.67 bits per heavy atom. The van der Waals surface area contributed by atoms with Crippen molar-refractivity contribution in [2.45, 2.75) is 31.2 Å². The Kier molecular flexibility index (Phi) is 3.54. The Hall–Kier alpha value is -2.82. The molecule has 138 valence electrons. The van der Waals surface area contributed by atoms with Gasteiger partial charge in [0.1, 0.15) is 6.61 Å². The smallest absolute Gasteiger partial charge is 0.407 e. The molecule has 2 N–H and O–H groups in total. The third-order valence-corrected chi connectivity index (χ3v) is 6.61. The van der Waals surface area contributed by atoms with Gasteiger partial charge in [-0.2, -0.15) is 0 Å². The molecule has 0 heterocycles. The van der Waals surface area contributed by atoms with Crippen LogP contribution < -0.4 is 5.32 Å². The number of aliphatic carboxylic acids is 1. The maximum Gasteiger partial charge on any atom is 0.407 e. The predicted molar refractivity (Wildman–Crippen MR) is 99.4 cm³/mol. The highest BCUT2D eigenvalue weighted by Gasteiger charge is 2.68. The zero-order valence-corrected chi connectivity index (χ0v) is 14.9. The van der Waals surface area contributed by atoms with E-state index in [-0.39, 0.29) is 24.5 Å². The monoisotopic (exact) mass is 363 g/mol. The van der Waals surface area contributed by atoms with Crippen molar-refractivity contribution >= 4 is 12.1 Å². The molecule has 3 atom stereocenters. The number of carboxylic acids is 1. The van der Waals surface area contributed by atoms with E-state index in [0.717, 1.165) is 17.5 Å². The molecule has 2 fully saturated rings. The van der Waals surface area contributed by atoms with Crippen LogP contribution in [0.3, 0.4) is 0 Å². The molecule has 0 spiro atoms. The number of hydrogen-bond acceptors (Lipinski definition) is 3. The van der Waals surface area contributed by atoms with Crippen LogP contribution in [0.4, 0.5) is 4.79 Å². The molecule has 0 bridgehead atoms. The van der Waals surface area contributed by atoms with Crippen molar-refractivity contribution in [3.63, 3.8) is 0 Å². The molecular formula is C22H21NO4. The van der Waals surface area contributed by atoms with Crippen LogP contribution in [0.5, 0.6) is 0 Å². The van der Waals surface area contributed by atoms with Crippen molar-refractivity contribution in [3.8, 4) is 11.1 Å². The molecule has 0 saturated heterocycles. The lowest BCUT2D eigenvalue weighted by Crippen LogP contribution is -2.43. The van der Waals surface area contributed by atoms with Crippen LogP contribution in [-0.2, 0) is 9.53 Å². The third-order valence-electron chi connectivity index (χ3n) is 6.61. The quantitative estimate of drug-likeness (QED) is 0.867. The first-order valence-corrected chi connectivity index (χ1v) is 9.46. The second-order valence-corrected chi connectivity index (χ2v) is 7.85. The Morgan fingerprint density at radius 3 is 2.26 bits per heavy atom. The van der Waals surface area contributed by atoms with Crippen molar-refractivity contribution in [2.75, 3.05) is 6.61 Å². The van der Waals surface area contributed by atoms with Crippen molar-refractivity contribution in [1.29, 1.82) is 0 Å². The summed E-state index contributed by atoms with van der Waals surface area (Å²) >= 11 is 0. The SMILES string of the molecule is O=C(NC1CCC2CC21C(=O)O)OCC1c2ccccc2-c2ccccc21. The van der Waals surface area contributed by atoms with Gasteiger partial charge in [0.2, 0.25) is 0 Å². The Morgan fingerprint density at radius 1 is 1.04 bits per heavy atom. The summed E-state index contributed by atoms with van der Waals surface area (Å²) < 4.78 is 5.55. The highest BCUT2D eigenvalue weighted by molar-refractivity contribution is 5.82. The van der Waals surface area contributed by atoms with Crippen LogP contribution in [0.1, 0.15) is 36.3 Å². The molecule has 1 amide bonds. The number of nitrogens with one attached hydrogen (secondary N) is 1. The van der Waals surface area contributed by atoms with Crippen LogP contribution in [0.15, 0.2) is 48.5 Å². The molecule has 27 heavy (non-hydrogen) atoms. The Balaban J connectivity index is 1.29. The van der Waals surface area contributed by atoms with Gasteiger partial charge in [0.05, 0.1) is 5.41 Å². The summed E-state index contributed by atoms with van der Waals surface area (Å²) in [7, 11) is 0. The van der Waals surface area contributed by atoms with E-state index < -0.39 is 17.5 Å². The number of ether oxygens (including phenoxy) is 1. The fourth-order valence-electron chi connectivity index (χ4n) is 5.15. The van der Waals surface area contributed by atoms with E-state index in [0.29, 0.717) is 12.8 Å². The highest BCUT2D eigenvalue weighted by Crippen LogP contribution is 2.63. The molecular weight excluding hydrogens is 342 g/mol. The van der Waals surface area contributed by atoms with E-state index >= 15 is 0 Å². The number of alkyl carbamates (subject to hydrolysis) is 1. The topological polar surface area (TPSA) is 75.6 Å². The fraction of sp³-hybridized carbons (Fsp3) is 0.364. The largest absolute Gasteiger partial charge is 0.481 e. The fourth-order valence-corrected chi connectivity index (χ4v) is 5.15. The van der Waals surface area contributed by atoms with Gasteiger partial charge in [-0.1, -0.05) is 48.5 Å². The number of benzene rings is 2. The van der Waals surface area contributed by atoms with Crippen molar-refractivity contribution in [2.24, 2.45) is 11.3 Å². The van der Waals surface area contributed by atoms with E-state index in [1.54, 1.807) is 0 Å². The highest BCUT2D eigenvalue weighted by atomic mass is 16.5. The number of carbonyl (C=O) groups is 2.